The van der Waals surface area contributed by atoms with Crippen LogP contribution >= 0.6 is 0 Å². The first kappa shape index (κ1) is 16.7. The van der Waals surface area contributed by atoms with Crippen molar-refractivity contribution < 1.29 is 13.6 Å². The fourth-order valence-electron chi connectivity index (χ4n) is 4.20. The first-order valence-electron chi connectivity index (χ1n) is 10.0. The summed E-state index contributed by atoms with van der Waals surface area (Å²) in [6.07, 6.45) is 3.97. The molecule has 1 unspecified atom stereocenters. The number of hydrogen-bond acceptors (Lipinski definition) is 4. The Kier molecular flexibility index (Phi) is 3.54. The maximum atomic E-state index is 13.5. The Morgan fingerprint density at radius 2 is 1.97 bits per heavy atom. The molecule has 0 spiro atoms. The molecule has 4 aromatic rings. The topological polar surface area (TPSA) is 75.0 Å². The SMILES string of the molecule is O=C(c1ccc2nc(C3CC3)oc2c1)N1CCCC1c1nc2ccc(F)cc2[nH]1. The van der Waals surface area contributed by atoms with Gasteiger partial charge in [-0.3, -0.25) is 4.79 Å². The van der Waals surface area contributed by atoms with Gasteiger partial charge >= 0.3 is 0 Å². The van der Waals surface area contributed by atoms with Gasteiger partial charge in [-0.25, -0.2) is 14.4 Å². The highest BCUT2D eigenvalue weighted by Crippen LogP contribution is 2.40. The third-order valence-corrected chi connectivity index (χ3v) is 5.87. The van der Waals surface area contributed by atoms with E-state index in [1.807, 2.05) is 17.0 Å². The van der Waals surface area contributed by atoms with Crippen LogP contribution in [-0.4, -0.2) is 32.3 Å². The molecule has 2 aliphatic rings. The van der Waals surface area contributed by atoms with E-state index < -0.39 is 0 Å². The number of halogens is 1. The number of amides is 1. The highest BCUT2D eigenvalue weighted by atomic mass is 19.1. The van der Waals surface area contributed by atoms with Gasteiger partial charge in [-0.15, -0.1) is 0 Å². The van der Waals surface area contributed by atoms with Gasteiger partial charge in [-0.2, -0.15) is 0 Å². The van der Waals surface area contributed by atoms with Gasteiger partial charge in [0.25, 0.3) is 5.91 Å². The van der Waals surface area contributed by atoms with Crippen LogP contribution < -0.4 is 0 Å². The molecule has 2 fully saturated rings. The number of aromatic amines is 1. The molecule has 2 aromatic carbocycles. The van der Waals surface area contributed by atoms with Crippen molar-refractivity contribution in [1.29, 1.82) is 0 Å². The number of aromatic nitrogens is 3. The van der Waals surface area contributed by atoms with Crippen molar-refractivity contribution >= 4 is 28.0 Å². The van der Waals surface area contributed by atoms with E-state index in [9.17, 15) is 9.18 Å². The van der Waals surface area contributed by atoms with Crippen LogP contribution in [0.2, 0.25) is 0 Å². The molecule has 0 radical (unpaired) electrons. The van der Waals surface area contributed by atoms with Gasteiger partial charge in [0.05, 0.1) is 17.1 Å². The predicted octanol–water partition coefficient (Wildman–Crippen LogP) is 4.70. The molecule has 6 nitrogen and oxygen atoms in total. The summed E-state index contributed by atoms with van der Waals surface area (Å²) in [6, 6.07) is 9.79. The highest BCUT2D eigenvalue weighted by molar-refractivity contribution is 5.97. The van der Waals surface area contributed by atoms with Crippen molar-refractivity contribution in [3.05, 3.63) is 59.5 Å². The summed E-state index contributed by atoms with van der Waals surface area (Å²) in [4.78, 5) is 27.4. The largest absolute Gasteiger partial charge is 0.440 e. The van der Waals surface area contributed by atoms with Gasteiger partial charge in [0, 0.05) is 18.0 Å². The van der Waals surface area contributed by atoms with Gasteiger partial charge < -0.3 is 14.3 Å². The second-order valence-electron chi connectivity index (χ2n) is 7.95. The Balaban J connectivity index is 1.32. The number of benzene rings is 2. The summed E-state index contributed by atoms with van der Waals surface area (Å²) in [7, 11) is 0. The van der Waals surface area contributed by atoms with E-state index in [2.05, 4.69) is 15.0 Å². The molecule has 146 valence electrons. The van der Waals surface area contributed by atoms with Gasteiger partial charge in [0.15, 0.2) is 11.5 Å². The number of carbonyl (C=O) groups excluding carboxylic acids is 1. The summed E-state index contributed by atoms with van der Waals surface area (Å²) in [6.45, 7) is 0.663. The molecule has 29 heavy (non-hydrogen) atoms. The minimum atomic E-state index is -0.307. The van der Waals surface area contributed by atoms with Crippen LogP contribution in [0.4, 0.5) is 4.39 Å². The number of rotatable bonds is 3. The predicted molar refractivity (Wildman–Crippen MR) is 105 cm³/mol. The molecule has 3 heterocycles. The average molecular weight is 390 g/mol. The lowest BCUT2D eigenvalue weighted by Gasteiger charge is -2.23. The lowest BCUT2D eigenvalue weighted by molar-refractivity contribution is 0.0730. The number of fused-ring (bicyclic) bond motifs is 2. The lowest BCUT2D eigenvalue weighted by Crippen LogP contribution is -2.31. The standard InChI is InChI=1S/C22H19FN4O2/c23-14-6-8-15-17(11-14)25-20(24-15)18-2-1-9-27(18)22(28)13-5-7-16-19(10-13)29-21(26-16)12-3-4-12/h5-8,10-12,18H,1-4,9H2,(H,24,25). The molecule has 1 saturated carbocycles. The lowest BCUT2D eigenvalue weighted by atomic mass is 10.1. The van der Waals surface area contributed by atoms with Crippen molar-refractivity contribution in [3.8, 4) is 0 Å². The maximum Gasteiger partial charge on any atom is 0.254 e. The number of hydrogen-bond donors (Lipinski definition) is 1. The number of nitrogens with zero attached hydrogens (tertiary/aromatic N) is 3. The highest BCUT2D eigenvalue weighted by Gasteiger charge is 2.33. The van der Waals surface area contributed by atoms with Crippen LogP contribution in [0.5, 0.6) is 0 Å². The fraction of sp³-hybridized carbons (Fsp3) is 0.318. The quantitative estimate of drug-likeness (QED) is 0.550. The Labute approximate surface area is 165 Å². The second kappa shape index (κ2) is 6.14. The van der Waals surface area contributed by atoms with E-state index in [0.717, 1.165) is 37.1 Å². The zero-order chi connectivity index (χ0) is 19.5. The number of carbonyl (C=O) groups is 1. The van der Waals surface area contributed by atoms with Gasteiger partial charge in [0.1, 0.15) is 17.2 Å². The molecule has 1 amide bonds. The van der Waals surface area contributed by atoms with E-state index in [1.54, 1.807) is 12.1 Å². The van der Waals surface area contributed by atoms with E-state index in [4.69, 9.17) is 4.42 Å². The minimum absolute atomic E-state index is 0.0505. The van der Waals surface area contributed by atoms with Crippen LogP contribution in [-0.2, 0) is 0 Å². The summed E-state index contributed by atoms with van der Waals surface area (Å²) in [5.74, 6) is 1.55. The smallest absolute Gasteiger partial charge is 0.254 e. The number of nitrogens with one attached hydrogen (secondary N) is 1. The van der Waals surface area contributed by atoms with Crippen molar-refractivity contribution in [2.75, 3.05) is 6.54 Å². The van der Waals surface area contributed by atoms with Gasteiger partial charge in [-0.1, -0.05) is 0 Å². The molecule has 0 bridgehead atoms. The number of imidazole rings is 1. The van der Waals surface area contributed by atoms with Crippen molar-refractivity contribution in [3.63, 3.8) is 0 Å². The van der Waals surface area contributed by atoms with Crippen LogP contribution in [0.15, 0.2) is 40.8 Å². The van der Waals surface area contributed by atoms with Crippen LogP contribution in [0.3, 0.4) is 0 Å². The van der Waals surface area contributed by atoms with E-state index in [-0.39, 0.29) is 17.8 Å². The molecule has 2 aromatic heterocycles. The number of H-pyrrole nitrogens is 1. The fourth-order valence-corrected chi connectivity index (χ4v) is 4.20. The molecular formula is C22H19FN4O2. The number of likely N-dealkylation sites (tertiary alicyclic amines) is 1. The minimum Gasteiger partial charge on any atom is -0.440 e. The van der Waals surface area contributed by atoms with Crippen molar-refractivity contribution in [1.82, 2.24) is 19.9 Å². The van der Waals surface area contributed by atoms with Crippen molar-refractivity contribution in [2.45, 2.75) is 37.6 Å². The Bertz CT molecular complexity index is 1260. The normalized spacial score (nSPS) is 19.5. The molecule has 1 saturated heterocycles. The van der Waals surface area contributed by atoms with Gasteiger partial charge in [0.2, 0.25) is 0 Å². The summed E-state index contributed by atoms with van der Waals surface area (Å²) in [5, 5.41) is 0. The average Bonchev–Trinajstić information content (AvgIpc) is 3.15. The molecule has 1 atom stereocenters. The maximum absolute atomic E-state index is 13.5. The first-order valence-corrected chi connectivity index (χ1v) is 10.0. The monoisotopic (exact) mass is 390 g/mol. The van der Waals surface area contributed by atoms with Crippen LogP contribution in [0, 0.1) is 5.82 Å². The zero-order valence-electron chi connectivity index (χ0n) is 15.7. The Morgan fingerprint density at radius 3 is 2.83 bits per heavy atom. The zero-order valence-corrected chi connectivity index (χ0v) is 15.7. The molecule has 1 aliphatic heterocycles. The van der Waals surface area contributed by atoms with Crippen LogP contribution in [0.1, 0.15) is 59.7 Å². The third kappa shape index (κ3) is 2.80. The number of oxazole rings is 1. The Hall–Kier alpha value is -3.22. The molecule has 7 heteroatoms. The first-order chi connectivity index (χ1) is 14.2. The molecule has 6 rings (SSSR count). The Morgan fingerprint density at radius 1 is 1.10 bits per heavy atom. The van der Waals surface area contributed by atoms with E-state index >= 15 is 0 Å². The van der Waals surface area contributed by atoms with E-state index in [1.165, 1.54) is 12.1 Å². The molecule has 1 aliphatic carbocycles. The summed E-state index contributed by atoms with van der Waals surface area (Å²) in [5.41, 5.74) is 3.39. The van der Waals surface area contributed by atoms with Crippen LogP contribution in [0.25, 0.3) is 22.1 Å². The summed E-state index contributed by atoms with van der Waals surface area (Å²) >= 11 is 0. The second-order valence-corrected chi connectivity index (χ2v) is 7.95. The van der Waals surface area contributed by atoms with Gasteiger partial charge in [-0.05, 0) is 62.1 Å². The van der Waals surface area contributed by atoms with Crippen molar-refractivity contribution in [2.24, 2.45) is 0 Å². The molecule has 1 N–H and O–H groups in total. The van der Waals surface area contributed by atoms with E-state index in [0.29, 0.717) is 40.5 Å². The molecular weight excluding hydrogens is 371 g/mol. The summed E-state index contributed by atoms with van der Waals surface area (Å²) < 4.78 is 19.4. The third-order valence-electron chi connectivity index (χ3n) is 5.87.